The van der Waals surface area contributed by atoms with E-state index in [1.165, 1.54) is 0 Å². The van der Waals surface area contributed by atoms with E-state index in [2.05, 4.69) is 5.32 Å². The third-order valence-electron chi connectivity index (χ3n) is 2.81. The summed E-state index contributed by atoms with van der Waals surface area (Å²) in [5, 5.41) is 2.50. The summed E-state index contributed by atoms with van der Waals surface area (Å²) in [5.41, 5.74) is 5.75. The first-order valence-electron chi connectivity index (χ1n) is 6.15. The van der Waals surface area contributed by atoms with Gasteiger partial charge < -0.3 is 15.8 Å². The highest BCUT2D eigenvalue weighted by Crippen LogP contribution is 2.19. The largest absolute Gasteiger partial charge is 0.396 e. The average Bonchev–Trinajstić information content (AvgIpc) is 2.43. The van der Waals surface area contributed by atoms with Crippen molar-refractivity contribution >= 4 is 17.3 Å². The van der Waals surface area contributed by atoms with Crippen molar-refractivity contribution in [2.75, 3.05) is 18.2 Å². The first kappa shape index (κ1) is 14.9. The maximum atomic E-state index is 13.8. The fourth-order valence-corrected chi connectivity index (χ4v) is 1.88. The van der Waals surface area contributed by atoms with Crippen LogP contribution in [0.3, 0.4) is 0 Å². The Morgan fingerprint density at radius 1 is 1.29 bits per heavy atom. The monoisotopic (exact) mass is 292 g/mol. The fourth-order valence-electron chi connectivity index (χ4n) is 1.88. The summed E-state index contributed by atoms with van der Waals surface area (Å²) in [6, 6.07) is 8.49. The molecule has 0 unspecified atom stereocenters. The minimum atomic E-state index is -0.943. The van der Waals surface area contributed by atoms with Crippen LogP contribution in [0.5, 0.6) is 0 Å². The molecule has 0 saturated carbocycles. The van der Waals surface area contributed by atoms with Gasteiger partial charge in [0.25, 0.3) is 5.91 Å². The molecule has 0 aromatic heterocycles. The van der Waals surface area contributed by atoms with Crippen LogP contribution in [0, 0.1) is 11.6 Å². The van der Waals surface area contributed by atoms with Crippen LogP contribution in [0.4, 0.5) is 20.2 Å². The zero-order chi connectivity index (χ0) is 15.4. The molecular weight excluding hydrogens is 278 g/mol. The molecule has 0 fully saturated rings. The van der Waals surface area contributed by atoms with Gasteiger partial charge in [-0.3, -0.25) is 4.79 Å². The molecular formula is C15H14F2N2O2. The van der Waals surface area contributed by atoms with E-state index < -0.39 is 28.8 Å². The Morgan fingerprint density at radius 3 is 2.76 bits per heavy atom. The Hall–Kier alpha value is -2.47. The molecule has 4 nitrogen and oxygen atoms in total. The van der Waals surface area contributed by atoms with E-state index in [0.717, 1.165) is 17.7 Å². The van der Waals surface area contributed by atoms with Crippen LogP contribution in [-0.4, -0.2) is 13.0 Å². The SMILES string of the molecule is COCc1cccc(NC(=O)c2cc(F)cc(N)c2F)c1. The van der Waals surface area contributed by atoms with Crippen molar-refractivity contribution in [3.05, 3.63) is 59.2 Å². The summed E-state index contributed by atoms with van der Waals surface area (Å²) in [4.78, 5) is 12.0. The number of carbonyl (C=O) groups is 1. The first-order valence-corrected chi connectivity index (χ1v) is 6.15. The predicted molar refractivity (Wildman–Crippen MR) is 75.9 cm³/mol. The smallest absolute Gasteiger partial charge is 0.258 e. The number of nitrogen functional groups attached to an aromatic ring is 1. The highest BCUT2D eigenvalue weighted by molar-refractivity contribution is 6.05. The van der Waals surface area contributed by atoms with E-state index in [4.69, 9.17) is 10.5 Å². The van der Waals surface area contributed by atoms with Crippen molar-refractivity contribution in [3.8, 4) is 0 Å². The van der Waals surface area contributed by atoms with E-state index in [1.54, 1.807) is 25.3 Å². The Bertz CT molecular complexity index is 675. The predicted octanol–water partition coefficient (Wildman–Crippen LogP) is 2.95. The van der Waals surface area contributed by atoms with Crippen LogP contribution in [0.1, 0.15) is 15.9 Å². The number of ether oxygens (including phenoxy) is 1. The molecule has 0 atom stereocenters. The number of carbonyl (C=O) groups excluding carboxylic acids is 1. The fraction of sp³-hybridized carbons (Fsp3) is 0.133. The normalized spacial score (nSPS) is 10.4. The van der Waals surface area contributed by atoms with Gasteiger partial charge in [-0.25, -0.2) is 8.78 Å². The lowest BCUT2D eigenvalue weighted by Crippen LogP contribution is -2.15. The van der Waals surface area contributed by atoms with Gasteiger partial charge in [0.1, 0.15) is 5.82 Å². The van der Waals surface area contributed by atoms with Gasteiger partial charge in [-0.2, -0.15) is 0 Å². The Kier molecular flexibility index (Phi) is 4.49. The zero-order valence-electron chi connectivity index (χ0n) is 11.3. The number of nitrogens with two attached hydrogens (primary N) is 1. The Balaban J connectivity index is 2.24. The van der Waals surface area contributed by atoms with Gasteiger partial charge in [-0.1, -0.05) is 12.1 Å². The molecule has 0 radical (unpaired) electrons. The lowest BCUT2D eigenvalue weighted by atomic mass is 10.1. The number of amides is 1. The van der Waals surface area contributed by atoms with Crippen molar-refractivity contribution in [2.45, 2.75) is 6.61 Å². The molecule has 6 heteroatoms. The summed E-state index contributed by atoms with van der Waals surface area (Å²) in [7, 11) is 1.55. The Morgan fingerprint density at radius 2 is 2.05 bits per heavy atom. The molecule has 0 aliphatic carbocycles. The van der Waals surface area contributed by atoms with Crippen LogP contribution < -0.4 is 11.1 Å². The molecule has 0 bridgehead atoms. The van der Waals surface area contributed by atoms with Gasteiger partial charge in [0.05, 0.1) is 17.9 Å². The van der Waals surface area contributed by atoms with Gasteiger partial charge in [-0.05, 0) is 29.8 Å². The second-order valence-electron chi connectivity index (χ2n) is 4.44. The minimum absolute atomic E-state index is 0.380. The lowest BCUT2D eigenvalue weighted by molar-refractivity contribution is 0.102. The van der Waals surface area contributed by atoms with Crippen molar-refractivity contribution < 1.29 is 18.3 Å². The van der Waals surface area contributed by atoms with Crippen LogP contribution in [0.2, 0.25) is 0 Å². The third kappa shape index (κ3) is 3.55. The molecule has 1 amide bonds. The van der Waals surface area contributed by atoms with Gasteiger partial charge in [0, 0.05) is 12.8 Å². The van der Waals surface area contributed by atoms with E-state index in [1.807, 2.05) is 6.07 Å². The number of methoxy groups -OCH3 is 1. The molecule has 3 N–H and O–H groups in total. The first-order chi connectivity index (χ1) is 10.0. The third-order valence-corrected chi connectivity index (χ3v) is 2.81. The molecule has 0 aliphatic heterocycles. The number of benzene rings is 2. The standard InChI is InChI=1S/C15H14F2N2O2/c1-21-8-9-3-2-4-11(5-9)19-15(20)12-6-10(16)7-13(18)14(12)17/h2-7H,8,18H2,1H3,(H,19,20). The lowest BCUT2D eigenvalue weighted by Gasteiger charge is -2.09. The maximum Gasteiger partial charge on any atom is 0.258 e. The number of hydrogen-bond donors (Lipinski definition) is 2. The van der Waals surface area contributed by atoms with E-state index in [9.17, 15) is 13.6 Å². The number of rotatable bonds is 4. The summed E-state index contributed by atoms with van der Waals surface area (Å²) in [5.74, 6) is -2.48. The molecule has 2 aromatic carbocycles. The average molecular weight is 292 g/mol. The second-order valence-corrected chi connectivity index (χ2v) is 4.44. The van der Waals surface area contributed by atoms with Crippen molar-refractivity contribution in [1.29, 1.82) is 0 Å². The van der Waals surface area contributed by atoms with Crippen LogP contribution in [-0.2, 0) is 11.3 Å². The van der Waals surface area contributed by atoms with E-state index in [0.29, 0.717) is 12.3 Å². The highest BCUT2D eigenvalue weighted by Gasteiger charge is 2.16. The molecule has 0 spiro atoms. The summed E-state index contributed by atoms with van der Waals surface area (Å²) in [6.07, 6.45) is 0. The Labute approximate surface area is 120 Å². The summed E-state index contributed by atoms with van der Waals surface area (Å²) in [6.45, 7) is 0.380. The molecule has 2 rings (SSSR count). The van der Waals surface area contributed by atoms with Crippen LogP contribution >= 0.6 is 0 Å². The van der Waals surface area contributed by atoms with Gasteiger partial charge in [-0.15, -0.1) is 0 Å². The van der Waals surface area contributed by atoms with E-state index >= 15 is 0 Å². The molecule has 21 heavy (non-hydrogen) atoms. The van der Waals surface area contributed by atoms with E-state index in [-0.39, 0.29) is 0 Å². The number of halogens is 2. The van der Waals surface area contributed by atoms with Crippen molar-refractivity contribution in [2.24, 2.45) is 0 Å². The molecule has 0 saturated heterocycles. The summed E-state index contributed by atoms with van der Waals surface area (Å²) >= 11 is 0. The zero-order valence-corrected chi connectivity index (χ0v) is 11.3. The van der Waals surface area contributed by atoms with Crippen molar-refractivity contribution in [3.63, 3.8) is 0 Å². The molecule has 110 valence electrons. The molecule has 0 aliphatic rings. The highest BCUT2D eigenvalue weighted by atomic mass is 19.1. The quantitative estimate of drug-likeness (QED) is 0.852. The molecule has 2 aromatic rings. The summed E-state index contributed by atoms with van der Waals surface area (Å²) < 4.78 is 32.0. The van der Waals surface area contributed by atoms with Crippen LogP contribution in [0.25, 0.3) is 0 Å². The number of nitrogens with one attached hydrogen (secondary N) is 1. The maximum absolute atomic E-state index is 13.8. The number of hydrogen-bond acceptors (Lipinski definition) is 3. The minimum Gasteiger partial charge on any atom is -0.396 e. The second kappa shape index (κ2) is 6.32. The number of anilines is 2. The molecule has 0 heterocycles. The van der Waals surface area contributed by atoms with Gasteiger partial charge >= 0.3 is 0 Å². The van der Waals surface area contributed by atoms with Crippen molar-refractivity contribution in [1.82, 2.24) is 0 Å². The topological polar surface area (TPSA) is 64.3 Å². The van der Waals surface area contributed by atoms with Crippen LogP contribution in [0.15, 0.2) is 36.4 Å². The van der Waals surface area contributed by atoms with Gasteiger partial charge in [0.2, 0.25) is 0 Å². The van der Waals surface area contributed by atoms with Gasteiger partial charge in [0.15, 0.2) is 5.82 Å².